The minimum Gasteiger partial charge on any atom is -0.393 e. The van der Waals surface area contributed by atoms with Crippen LogP contribution in [-0.4, -0.2) is 119 Å². The number of fused-ring (bicyclic) bond motifs is 16. The summed E-state index contributed by atoms with van der Waals surface area (Å²) in [4.78, 5) is 242. The Labute approximate surface area is 653 Å². The molecule has 35 rings (SSSR count). The van der Waals surface area contributed by atoms with Crippen LogP contribution in [0.25, 0.3) is 0 Å². The SMILES string of the molecule is O=C1CC2C3CC(C2C(=O)O1)C1C2CCC(C4C(=O)OC(=O)C24)C31.O=C1CC2C3CCC(C2C(=O)O1)C1C2CC(C4C(=O)OC(=O)C24)C31.O=C1CC2C3CCC(C2C(=O)O1)C1C2CCC(C4C(=O)OC(=O)C24)C31.O=C1OC(=O)C2C3C=CC(C12)C1C(=O)OC(=O)C31.O=C1OC(=O)C2C3CCC(C12)C1C2CCC(C4C(=O)OC(=O)C24)C31. The number of hydrogen-bond acceptors (Lipinski definition) is 30. The Morgan fingerprint density at radius 2 is 0.313 bits per heavy atom. The molecule has 0 aromatic rings. The van der Waals surface area contributed by atoms with E-state index in [0.29, 0.717) is 72.5 Å². The van der Waals surface area contributed by atoms with E-state index in [9.17, 15) is 95.9 Å². The molecule has 0 radical (unpaired) electrons. The lowest BCUT2D eigenvalue weighted by Crippen LogP contribution is -2.65. The van der Waals surface area contributed by atoms with Gasteiger partial charge in [0.25, 0.3) is 0 Å². The van der Waals surface area contributed by atoms with Crippen molar-refractivity contribution in [3.63, 3.8) is 0 Å². The lowest BCUT2D eigenvalue weighted by atomic mass is 9.37. The maximum absolute atomic E-state index is 12.5. The fraction of sp³-hybridized carbons (Fsp3) is 0.741. The number of carbonyl (C=O) groups excluding carboxylic acids is 20. The van der Waals surface area contributed by atoms with Crippen LogP contribution in [0.5, 0.6) is 0 Å². The molecule has 35 aliphatic rings. The predicted octanol–water partition coefficient (Wildman–Crippen LogP) is 3.54. The van der Waals surface area contributed by atoms with Gasteiger partial charge in [-0.15, -0.1) is 0 Å². The number of cyclic esters (lactones) is 20. The van der Waals surface area contributed by atoms with E-state index in [-0.39, 0.29) is 261 Å². The van der Waals surface area contributed by atoms with E-state index in [2.05, 4.69) is 9.47 Å². The molecule has 10 saturated heterocycles. The van der Waals surface area contributed by atoms with Crippen molar-refractivity contribution in [1.29, 1.82) is 0 Å². The maximum Gasteiger partial charge on any atom is 0.318 e. The summed E-state index contributed by atoms with van der Waals surface area (Å²) >= 11 is 0. The van der Waals surface area contributed by atoms with Crippen LogP contribution in [0.15, 0.2) is 12.2 Å². The van der Waals surface area contributed by atoms with Crippen molar-refractivity contribution < 1.29 is 143 Å². The van der Waals surface area contributed by atoms with E-state index in [1.807, 2.05) is 0 Å². The molecule has 10 heterocycles. The zero-order valence-corrected chi connectivity index (χ0v) is 62.0. The molecule has 30 nitrogen and oxygen atoms in total. The van der Waals surface area contributed by atoms with Gasteiger partial charge in [0, 0.05) is 31.1 Å². The van der Waals surface area contributed by atoms with Gasteiger partial charge in [-0.3, -0.25) is 95.9 Å². The van der Waals surface area contributed by atoms with Gasteiger partial charge in [0.15, 0.2) is 0 Å². The molecule has 0 aromatic heterocycles. The Morgan fingerprint density at radius 1 is 0.157 bits per heavy atom. The third-order valence-corrected chi connectivity index (χ3v) is 37.6. The van der Waals surface area contributed by atoms with E-state index in [1.54, 1.807) is 12.2 Å². The Kier molecular flexibility index (Phi) is 14.7. The average Bonchev–Trinajstić information content (AvgIpc) is 1.46. The van der Waals surface area contributed by atoms with Crippen LogP contribution in [-0.2, 0) is 143 Å². The molecule has 0 amide bonds. The summed E-state index contributed by atoms with van der Waals surface area (Å²) in [5, 5.41) is 0. The second-order valence-corrected chi connectivity index (χ2v) is 39.8. The average molecular weight is 1580 g/mol. The zero-order valence-electron chi connectivity index (χ0n) is 62.0. The zero-order chi connectivity index (χ0) is 78.6. The van der Waals surface area contributed by atoms with Crippen molar-refractivity contribution in [2.45, 2.75) is 109 Å². The number of carbonyl (C=O) groups is 20. The van der Waals surface area contributed by atoms with Crippen LogP contribution in [0.3, 0.4) is 0 Å². The van der Waals surface area contributed by atoms with Crippen LogP contribution >= 0.6 is 0 Å². The van der Waals surface area contributed by atoms with Gasteiger partial charge in [-0.05, 0) is 250 Å². The van der Waals surface area contributed by atoms with Gasteiger partial charge in [-0.2, -0.15) is 0 Å². The molecule has 33 fully saturated rings. The molecule has 18 bridgehead atoms. The van der Waals surface area contributed by atoms with E-state index in [4.69, 9.17) is 37.9 Å². The molecule has 42 unspecified atom stereocenters. The Hall–Kier alpha value is -8.86. The van der Waals surface area contributed by atoms with Crippen LogP contribution in [0, 0.1) is 272 Å². The highest BCUT2D eigenvalue weighted by molar-refractivity contribution is 6.05. The summed E-state index contributed by atoms with van der Waals surface area (Å²) in [6.07, 6.45) is 17.9. The standard InChI is InChI=1S/C19H20O6.3C18H18O6.C12H8O6/c20-11-5-10-6-1-2-7(14(10)17(21)24-11)13-9-4-3-8(12(6)13)15-16(9)19(23)25-18(15)22;19-10-4-7-5-1-2-6(13(7)16(20)23-10)12-9-3-8(11(5)12)14-15(9)18(22)24-17(14)21;19-10-4-8-7-3-9(13(8)16(20)23-10)12-6-2-1-5(11(7)12)14-15(6)18(22)24-17(14)21;19-15-11-5-1-2-6(12(11)16(20)23-15)10-8-4-3-7(9(5)10)13-14(8)18(22)24-17(13)21;13-9-5-3-1-2-4(7(5)11(15)17-9)8-6(3)10(14)18-12(8)16/h6-10,12-16H,1-5H2;2*5-9,11-15H,1-4H2;5-14H,1-4H2;1-8H. The molecular weight excluding hydrogens is 1500 g/mol. The van der Waals surface area contributed by atoms with Crippen molar-refractivity contribution in [3.05, 3.63) is 12.2 Å². The molecule has 0 aromatic carbocycles. The van der Waals surface area contributed by atoms with Crippen molar-refractivity contribution >= 4 is 119 Å². The molecule has 23 saturated carbocycles. The molecule has 25 aliphatic carbocycles. The van der Waals surface area contributed by atoms with Crippen molar-refractivity contribution in [2.24, 2.45) is 272 Å². The topological polar surface area (TPSA) is 434 Å². The highest BCUT2D eigenvalue weighted by Gasteiger charge is 2.79. The monoisotopic (exact) mass is 1580 g/mol. The number of hydrogen-bond donors (Lipinski definition) is 0. The molecule has 602 valence electrons. The molecule has 42 atom stereocenters. The Balaban J connectivity index is 0.0000000831. The summed E-state index contributed by atoms with van der Waals surface area (Å²) in [5.74, 6) is -9.22. The van der Waals surface area contributed by atoms with Crippen LogP contribution in [0.2, 0.25) is 0 Å². The van der Waals surface area contributed by atoms with Crippen LogP contribution in [0.4, 0.5) is 0 Å². The van der Waals surface area contributed by atoms with E-state index >= 15 is 0 Å². The predicted molar refractivity (Wildman–Crippen MR) is 359 cm³/mol. The minimum absolute atomic E-state index is 0.0691. The lowest BCUT2D eigenvalue weighted by molar-refractivity contribution is -0.216. The van der Waals surface area contributed by atoms with Gasteiger partial charge in [-0.25, -0.2) is 0 Å². The van der Waals surface area contributed by atoms with Crippen LogP contribution < -0.4 is 0 Å². The molecule has 0 N–H and O–H groups in total. The van der Waals surface area contributed by atoms with Gasteiger partial charge in [0.05, 0.1) is 101 Å². The number of allylic oxidation sites excluding steroid dienone is 2. The highest BCUT2D eigenvalue weighted by atomic mass is 16.6. The quantitative estimate of drug-likeness (QED) is 0.145. The van der Waals surface area contributed by atoms with E-state index in [1.165, 1.54) is 0 Å². The normalized spacial score (nSPS) is 55.0. The van der Waals surface area contributed by atoms with Gasteiger partial charge >= 0.3 is 119 Å². The fourth-order valence-electron chi connectivity index (χ4n) is 35.5. The second-order valence-electron chi connectivity index (χ2n) is 39.8. The van der Waals surface area contributed by atoms with Crippen molar-refractivity contribution in [3.8, 4) is 0 Å². The second kappa shape index (κ2) is 24.0. The highest BCUT2D eigenvalue weighted by Crippen LogP contribution is 2.77. The fourth-order valence-corrected chi connectivity index (χ4v) is 35.5. The maximum atomic E-state index is 12.5. The minimum atomic E-state index is -0.632. The summed E-state index contributed by atoms with van der Waals surface area (Å²) in [7, 11) is 0. The third kappa shape index (κ3) is 8.92. The first-order chi connectivity index (χ1) is 55.3. The van der Waals surface area contributed by atoms with Gasteiger partial charge in [0.1, 0.15) is 0 Å². The molecule has 30 heteroatoms. The summed E-state index contributed by atoms with van der Waals surface area (Å²) < 4.78 is 49.0. The molecule has 115 heavy (non-hydrogen) atoms. The number of ether oxygens (including phenoxy) is 10. The summed E-state index contributed by atoms with van der Waals surface area (Å²) in [6, 6.07) is 0. The third-order valence-electron chi connectivity index (χ3n) is 37.6. The number of esters is 20. The van der Waals surface area contributed by atoms with Gasteiger partial charge in [0.2, 0.25) is 0 Å². The van der Waals surface area contributed by atoms with Crippen LogP contribution in [0.1, 0.15) is 109 Å². The largest absolute Gasteiger partial charge is 0.393 e. The summed E-state index contributed by atoms with van der Waals surface area (Å²) in [5.41, 5.74) is 0. The first kappa shape index (κ1) is 70.4. The van der Waals surface area contributed by atoms with Gasteiger partial charge < -0.3 is 47.4 Å². The first-order valence-electron chi connectivity index (χ1n) is 42.6. The lowest BCUT2D eigenvalue weighted by Gasteiger charge is -2.66. The molecule has 10 aliphatic heterocycles. The van der Waals surface area contributed by atoms with Crippen molar-refractivity contribution in [1.82, 2.24) is 0 Å². The number of rotatable bonds is 0. The summed E-state index contributed by atoms with van der Waals surface area (Å²) in [6.45, 7) is 0. The first-order valence-corrected chi connectivity index (χ1v) is 42.6. The van der Waals surface area contributed by atoms with Crippen molar-refractivity contribution in [2.75, 3.05) is 0 Å². The van der Waals surface area contributed by atoms with E-state index < -0.39 is 77.3 Å². The van der Waals surface area contributed by atoms with Gasteiger partial charge in [-0.1, -0.05) is 12.2 Å². The Morgan fingerprint density at radius 3 is 0.583 bits per heavy atom. The molecule has 0 spiro atoms. The Bertz CT molecular complexity index is 4550. The van der Waals surface area contributed by atoms with E-state index in [0.717, 1.165) is 89.9 Å². The molecular formula is C85H82O30. The smallest absolute Gasteiger partial charge is 0.318 e.